The van der Waals surface area contributed by atoms with Gasteiger partial charge >= 0.3 is 0 Å². The molecule has 0 unspecified atom stereocenters. The summed E-state index contributed by atoms with van der Waals surface area (Å²) in [5.41, 5.74) is 1.08. The Morgan fingerprint density at radius 1 is 1.12 bits per heavy atom. The van der Waals surface area contributed by atoms with E-state index in [1.54, 1.807) is 0 Å². The van der Waals surface area contributed by atoms with Crippen molar-refractivity contribution in [2.45, 2.75) is 51.6 Å². The van der Waals surface area contributed by atoms with E-state index in [0.717, 1.165) is 62.6 Å². The molecule has 0 atom stereocenters. The minimum absolute atomic E-state index is 0.211. The molecule has 25 heavy (non-hydrogen) atoms. The Balaban J connectivity index is 1.45. The maximum atomic E-state index is 12.8. The lowest BCUT2D eigenvalue weighted by molar-refractivity contribution is -0.138. The summed E-state index contributed by atoms with van der Waals surface area (Å²) in [6.45, 7) is 8.25. The molecule has 0 spiro atoms. The Bertz CT molecular complexity index is 576. The van der Waals surface area contributed by atoms with Gasteiger partial charge in [0, 0.05) is 54.9 Å². The molecular formula is C20H30ClN3O. The van der Waals surface area contributed by atoms with E-state index in [-0.39, 0.29) is 5.92 Å². The largest absolute Gasteiger partial charge is 0.382 e. The maximum absolute atomic E-state index is 12.8. The number of piperazine rings is 1. The van der Waals surface area contributed by atoms with Gasteiger partial charge in [0.05, 0.1) is 0 Å². The van der Waals surface area contributed by atoms with Crippen LogP contribution in [0.1, 0.15) is 39.5 Å². The molecule has 1 aromatic carbocycles. The van der Waals surface area contributed by atoms with E-state index in [0.29, 0.717) is 18.0 Å². The van der Waals surface area contributed by atoms with Gasteiger partial charge in [-0.3, -0.25) is 9.69 Å². The summed E-state index contributed by atoms with van der Waals surface area (Å²) in [4.78, 5) is 17.4. The normalized spacial score (nSPS) is 25.2. The first-order valence-electron chi connectivity index (χ1n) is 9.58. The fourth-order valence-corrected chi connectivity index (χ4v) is 4.21. The smallest absolute Gasteiger partial charge is 0.225 e. The highest BCUT2D eigenvalue weighted by atomic mass is 35.5. The zero-order chi connectivity index (χ0) is 17.8. The van der Waals surface area contributed by atoms with Crippen molar-refractivity contribution in [3.05, 3.63) is 29.3 Å². The monoisotopic (exact) mass is 363 g/mol. The average molecular weight is 364 g/mol. The van der Waals surface area contributed by atoms with Crippen molar-refractivity contribution in [2.75, 3.05) is 31.5 Å². The second kappa shape index (κ2) is 8.41. The molecule has 2 aliphatic rings. The number of hydrogen-bond donors (Lipinski definition) is 1. The van der Waals surface area contributed by atoms with Crippen LogP contribution in [-0.4, -0.2) is 54.0 Å². The Morgan fingerprint density at radius 2 is 1.80 bits per heavy atom. The lowest BCUT2D eigenvalue weighted by atomic mass is 9.85. The zero-order valence-electron chi connectivity index (χ0n) is 15.4. The quantitative estimate of drug-likeness (QED) is 0.882. The Kier molecular flexibility index (Phi) is 6.24. The highest BCUT2D eigenvalue weighted by molar-refractivity contribution is 6.30. The van der Waals surface area contributed by atoms with Crippen LogP contribution in [0.15, 0.2) is 24.3 Å². The SMILES string of the molecule is CC(C)N1CCN(C(=O)C2CCC(Nc3cccc(Cl)c3)CC2)CC1. The second-order valence-electron chi connectivity index (χ2n) is 7.66. The van der Waals surface area contributed by atoms with Crippen molar-refractivity contribution in [1.82, 2.24) is 9.80 Å². The summed E-state index contributed by atoms with van der Waals surface area (Å²) in [6.07, 6.45) is 4.08. The molecule has 138 valence electrons. The van der Waals surface area contributed by atoms with Crippen molar-refractivity contribution in [3.8, 4) is 0 Å². The van der Waals surface area contributed by atoms with Crippen molar-refractivity contribution < 1.29 is 4.79 Å². The third-order valence-electron chi connectivity index (χ3n) is 5.63. The first-order valence-corrected chi connectivity index (χ1v) is 9.95. The molecule has 1 heterocycles. The van der Waals surface area contributed by atoms with E-state index < -0.39 is 0 Å². The van der Waals surface area contributed by atoms with Crippen LogP contribution in [0.4, 0.5) is 5.69 Å². The molecule has 1 saturated heterocycles. The van der Waals surface area contributed by atoms with E-state index in [1.807, 2.05) is 18.2 Å². The minimum Gasteiger partial charge on any atom is -0.382 e. The molecule has 1 N–H and O–H groups in total. The minimum atomic E-state index is 0.211. The summed E-state index contributed by atoms with van der Waals surface area (Å²) >= 11 is 6.05. The number of nitrogens with zero attached hydrogens (tertiary/aromatic N) is 2. The van der Waals surface area contributed by atoms with Gasteiger partial charge in [0.1, 0.15) is 0 Å². The third-order valence-corrected chi connectivity index (χ3v) is 5.86. The highest BCUT2D eigenvalue weighted by Gasteiger charge is 2.31. The predicted octanol–water partition coefficient (Wildman–Crippen LogP) is 3.86. The number of carbonyl (C=O) groups excluding carboxylic acids is 1. The van der Waals surface area contributed by atoms with Gasteiger partial charge in [0.15, 0.2) is 0 Å². The summed E-state index contributed by atoms with van der Waals surface area (Å²) in [5, 5.41) is 4.32. The van der Waals surface area contributed by atoms with Crippen LogP contribution < -0.4 is 5.32 Å². The first kappa shape index (κ1) is 18.5. The molecular weight excluding hydrogens is 334 g/mol. The van der Waals surface area contributed by atoms with Crippen LogP contribution in [0, 0.1) is 5.92 Å². The summed E-state index contributed by atoms with van der Waals surface area (Å²) in [6, 6.07) is 8.90. The van der Waals surface area contributed by atoms with E-state index in [1.165, 1.54) is 0 Å². The molecule has 1 amide bonds. The molecule has 5 heteroatoms. The van der Waals surface area contributed by atoms with E-state index in [4.69, 9.17) is 11.6 Å². The number of halogens is 1. The molecule has 1 aromatic rings. The molecule has 1 aliphatic carbocycles. The van der Waals surface area contributed by atoms with E-state index in [9.17, 15) is 4.79 Å². The Hall–Kier alpha value is -1.26. The van der Waals surface area contributed by atoms with Crippen LogP contribution in [0.2, 0.25) is 5.02 Å². The van der Waals surface area contributed by atoms with Gasteiger partial charge in [0.2, 0.25) is 5.91 Å². The zero-order valence-corrected chi connectivity index (χ0v) is 16.1. The maximum Gasteiger partial charge on any atom is 0.225 e. The predicted molar refractivity (Wildman–Crippen MR) is 104 cm³/mol. The van der Waals surface area contributed by atoms with Crippen molar-refractivity contribution in [2.24, 2.45) is 5.92 Å². The molecule has 1 saturated carbocycles. The number of hydrogen-bond acceptors (Lipinski definition) is 3. The van der Waals surface area contributed by atoms with Gasteiger partial charge < -0.3 is 10.2 Å². The summed E-state index contributed by atoms with van der Waals surface area (Å²) in [5.74, 6) is 0.590. The van der Waals surface area contributed by atoms with Crippen molar-refractivity contribution in [1.29, 1.82) is 0 Å². The fraction of sp³-hybridized carbons (Fsp3) is 0.650. The second-order valence-corrected chi connectivity index (χ2v) is 8.09. The molecule has 2 fully saturated rings. The number of carbonyl (C=O) groups is 1. The van der Waals surface area contributed by atoms with Gasteiger partial charge in [-0.25, -0.2) is 0 Å². The van der Waals surface area contributed by atoms with Gasteiger partial charge in [-0.2, -0.15) is 0 Å². The molecule has 0 radical (unpaired) electrons. The number of benzene rings is 1. The summed E-state index contributed by atoms with van der Waals surface area (Å²) in [7, 11) is 0. The van der Waals surface area contributed by atoms with Crippen LogP contribution >= 0.6 is 11.6 Å². The number of rotatable bonds is 4. The van der Waals surface area contributed by atoms with E-state index in [2.05, 4.69) is 35.0 Å². The van der Waals surface area contributed by atoms with Crippen LogP contribution in [0.25, 0.3) is 0 Å². The highest BCUT2D eigenvalue weighted by Crippen LogP contribution is 2.29. The first-order chi connectivity index (χ1) is 12.0. The topological polar surface area (TPSA) is 35.6 Å². The van der Waals surface area contributed by atoms with Gasteiger partial charge in [0.25, 0.3) is 0 Å². The van der Waals surface area contributed by atoms with Gasteiger partial charge in [-0.05, 0) is 57.7 Å². The number of nitrogens with one attached hydrogen (secondary N) is 1. The summed E-state index contributed by atoms with van der Waals surface area (Å²) < 4.78 is 0. The van der Waals surface area contributed by atoms with Crippen LogP contribution in [-0.2, 0) is 4.79 Å². The molecule has 1 aliphatic heterocycles. The molecule has 0 bridgehead atoms. The Labute approximate surface area is 156 Å². The van der Waals surface area contributed by atoms with E-state index >= 15 is 0 Å². The fourth-order valence-electron chi connectivity index (χ4n) is 4.02. The van der Waals surface area contributed by atoms with Crippen molar-refractivity contribution in [3.63, 3.8) is 0 Å². The van der Waals surface area contributed by atoms with Gasteiger partial charge in [-0.1, -0.05) is 17.7 Å². The number of amides is 1. The van der Waals surface area contributed by atoms with Crippen molar-refractivity contribution >= 4 is 23.2 Å². The lowest BCUT2D eigenvalue weighted by Crippen LogP contribution is -2.52. The molecule has 3 rings (SSSR count). The lowest BCUT2D eigenvalue weighted by Gasteiger charge is -2.39. The Morgan fingerprint density at radius 3 is 2.40 bits per heavy atom. The van der Waals surface area contributed by atoms with Gasteiger partial charge in [-0.15, -0.1) is 0 Å². The molecule has 4 nitrogen and oxygen atoms in total. The standard InChI is InChI=1S/C20H30ClN3O/c1-15(2)23-10-12-24(13-11-23)20(25)16-6-8-18(9-7-16)22-19-5-3-4-17(21)14-19/h3-5,14-16,18,22H,6-13H2,1-2H3. The van der Waals surface area contributed by atoms with Crippen LogP contribution in [0.3, 0.4) is 0 Å². The number of anilines is 1. The average Bonchev–Trinajstić information content (AvgIpc) is 2.62. The van der Waals surface area contributed by atoms with Crippen LogP contribution in [0.5, 0.6) is 0 Å². The third kappa shape index (κ3) is 4.89. The molecule has 0 aromatic heterocycles.